The van der Waals surface area contributed by atoms with Gasteiger partial charge in [0.25, 0.3) is 0 Å². The second-order valence-corrected chi connectivity index (χ2v) is 6.30. The molecule has 1 atom stereocenters. The molecule has 0 radical (unpaired) electrons. The number of hydrogen-bond acceptors (Lipinski definition) is 3. The van der Waals surface area contributed by atoms with Crippen LogP contribution in [0.25, 0.3) is 0 Å². The Labute approximate surface area is 105 Å². The fraction of sp³-hybridized carbons (Fsp3) is 0.385. The summed E-state index contributed by atoms with van der Waals surface area (Å²) in [6, 6.07) is 2.65. The summed E-state index contributed by atoms with van der Waals surface area (Å²) in [6.45, 7) is 6.57. The Kier molecular flexibility index (Phi) is 3.47. The second kappa shape index (κ2) is 4.70. The molecule has 0 aromatic carbocycles. The summed E-state index contributed by atoms with van der Waals surface area (Å²) < 4.78 is 0. The van der Waals surface area contributed by atoms with Crippen LogP contribution in [-0.2, 0) is 0 Å². The van der Waals surface area contributed by atoms with Crippen LogP contribution >= 0.6 is 22.7 Å². The van der Waals surface area contributed by atoms with Crippen molar-refractivity contribution in [2.24, 2.45) is 0 Å². The molecule has 2 aromatic rings. The molecular weight excluding hydrogens is 234 g/mol. The molecule has 0 aliphatic rings. The van der Waals surface area contributed by atoms with Gasteiger partial charge in [0.05, 0.1) is 6.04 Å². The lowest BCUT2D eigenvalue weighted by Crippen LogP contribution is -2.17. The predicted octanol–water partition coefficient (Wildman–Crippen LogP) is 4.04. The molecule has 0 fully saturated rings. The first kappa shape index (κ1) is 11.8. The van der Waals surface area contributed by atoms with E-state index < -0.39 is 0 Å². The third-order valence-electron chi connectivity index (χ3n) is 2.89. The smallest absolute Gasteiger partial charge is 0.0596 e. The number of aryl methyl sites for hydroxylation is 3. The van der Waals surface area contributed by atoms with Crippen molar-refractivity contribution in [3.05, 3.63) is 43.3 Å². The highest BCUT2D eigenvalue weighted by Crippen LogP contribution is 2.33. The van der Waals surface area contributed by atoms with E-state index in [9.17, 15) is 0 Å². The molecule has 1 nitrogen and oxygen atoms in total. The van der Waals surface area contributed by atoms with Crippen molar-refractivity contribution in [3.8, 4) is 0 Å². The van der Waals surface area contributed by atoms with Gasteiger partial charge in [-0.2, -0.15) is 11.3 Å². The van der Waals surface area contributed by atoms with Crippen molar-refractivity contribution >= 4 is 22.7 Å². The summed E-state index contributed by atoms with van der Waals surface area (Å²) in [5, 5.41) is 7.90. The van der Waals surface area contributed by atoms with Crippen molar-refractivity contribution in [2.75, 3.05) is 7.05 Å². The van der Waals surface area contributed by atoms with Gasteiger partial charge in [0.2, 0.25) is 0 Å². The van der Waals surface area contributed by atoms with Gasteiger partial charge in [0.15, 0.2) is 0 Å². The molecule has 2 rings (SSSR count). The summed E-state index contributed by atoms with van der Waals surface area (Å²) in [5.74, 6) is 0. The summed E-state index contributed by atoms with van der Waals surface area (Å²) >= 11 is 3.66. The number of rotatable bonds is 3. The molecule has 0 saturated heterocycles. The van der Waals surface area contributed by atoms with E-state index in [-0.39, 0.29) is 0 Å². The van der Waals surface area contributed by atoms with E-state index >= 15 is 0 Å². The van der Waals surface area contributed by atoms with Gasteiger partial charge in [0, 0.05) is 9.75 Å². The molecule has 0 spiro atoms. The average Bonchev–Trinajstić information content (AvgIpc) is 2.77. The molecular formula is C13H17NS2. The zero-order chi connectivity index (χ0) is 11.7. The monoisotopic (exact) mass is 251 g/mol. The van der Waals surface area contributed by atoms with Crippen LogP contribution in [0.5, 0.6) is 0 Å². The standard InChI is InChI=1S/C13H17NS2/c1-8-6-15-7-12(8)13(14-4)11-5-9(2)16-10(11)3/h5-7,13-14H,1-4H3. The fourth-order valence-electron chi connectivity index (χ4n) is 2.08. The minimum absolute atomic E-state index is 0.344. The Morgan fingerprint density at radius 1 is 1.12 bits per heavy atom. The van der Waals surface area contributed by atoms with Crippen LogP contribution in [0.15, 0.2) is 16.8 Å². The predicted molar refractivity (Wildman–Crippen MR) is 73.8 cm³/mol. The van der Waals surface area contributed by atoms with E-state index in [0.717, 1.165) is 0 Å². The first-order valence-corrected chi connectivity index (χ1v) is 7.16. The second-order valence-electron chi connectivity index (χ2n) is 4.10. The maximum atomic E-state index is 3.43. The van der Waals surface area contributed by atoms with Crippen molar-refractivity contribution < 1.29 is 0 Å². The Hall–Kier alpha value is -0.640. The normalized spacial score (nSPS) is 13.0. The van der Waals surface area contributed by atoms with Gasteiger partial charge >= 0.3 is 0 Å². The van der Waals surface area contributed by atoms with Gasteiger partial charge in [-0.1, -0.05) is 0 Å². The van der Waals surface area contributed by atoms with Gasteiger partial charge in [0.1, 0.15) is 0 Å². The van der Waals surface area contributed by atoms with Crippen LogP contribution in [-0.4, -0.2) is 7.05 Å². The lowest BCUT2D eigenvalue weighted by atomic mass is 9.99. The zero-order valence-electron chi connectivity index (χ0n) is 10.1. The average molecular weight is 251 g/mol. The molecule has 2 aromatic heterocycles. The third kappa shape index (κ3) is 2.08. The van der Waals surface area contributed by atoms with Crippen molar-refractivity contribution in [1.82, 2.24) is 5.32 Å². The van der Waals surface area contributed by atoms with Gasteiger partial charge < -0.3 is 5.32 Å². The van der Waals surface area contributed by atoms with Gasteiger partial charge in [-0.25, -0.2) is 0 Å². The summed E-state index contributed by atoms with van der Waals surface area (Å²) in [7, 11) is 2.04. The van der Waals surface area contributed by atoms with Crippen LogP contribution < -0.4 is 5.32 Å². The minimum Gasteiger partial charge on any atom is -0.309 e. The molecule has 0 bridgehead atoms. The number of thiophene rings is 2. The van der Waals surface area contributed by atoms with Gasteiger partial charge in [-0.3, -0.25) is 0 Å². The molecule has 3 heteroatoms. The zero-order valence-corrected chi connectivity index (χ0v) is 11.8. The highest BCUT2D eigenvalue weighted by molar-refractivity contribution is 7.12. The summed E-state index contributed by atoms with van der Waals surface area (Å²) in [4.78, 5) is 2.81. The molecule has 0 aliphatic heterocycles. The lowest BCUT2D eigenvalue weighted by Gasteiger charge is -2.16. The maximum absolute atomic E-state index is 3.43. The minimum atomic E-state index is 0.344. The summed E-state index contributed by atoms with van der Waals surface area (Å²) in [5.41, 5.74) is 4.22. The molecule has 1 N–H and O–H groups in total. The summed E-state index contributed by atoms with van der Waals surface area (Å²) in [6.07, 6.45) is 0. The number of nitrogens with one attached hydrogen (secondary N) is 1. The highest BCUT2D eigenvalue weighted by Gasteiger charge is 2.18. The van der Waals surface area contributed by atoms with Crippen LogP contribution in [0.1, 0.15) is 32.5 Å². The lowest BCUT2D eigenvalue weighted by molar-refractivity contribution is 0.689. The maximum Gasteiger partial charge on any atom is 0.0596 e. The quantitative estimate of drug-likeness (QED) is 0.868. The molecule has 1 unspecified atom stereocenters. The van der Waals surface area contributed by atoms with E-state index in [1.807, 2.05) is 18.4 Å². The SMILES string of the molecule is CNC(c1cscc1C)c1cc(C)sc1C. The molecule has 86 valence electrons. The van der Waals surface area contributed by atoms with E-state index in [1.54, 1.807) is 11.3 Å². The largest absolute Gasteiger partial charge is 0.309 e. The van der Waals surface area contributed by atoms with E-state index in [0.29, 0.717) is 6.04 Å². The molecule has 0 saturated carbocycles. The first-order valence-electron chi connectivity index (χ1n) is 5.40. The Bertz CT molecular complexity index is 482. The fourth-order valence-corrected chi connectivity index (χ4v) is 3.92. The molecule has 2 heterocycles. The van der Waals surface area contributed by atoms with Crippen LogP contribution in [0, 0.1) is 20.8 Å². The van der Waals surface area contributed by atoms with Crippen molar-refractivity contribution in [2.45, 2.75) is 26.8 Å². The molecule has 0 aliphatic carbocycles. The molecule has 16 heavy (non-hydrogen) atoms. The molecule has 0 amide bonds. The van der Waals surface area contributed by atoms with Crippen LogP contribution in [0.4, 0.5) is 0 Å². The van der Waals surface area contributed by atoms with Crippen LogP contribution in [0.2, 0.25) is 0 Å². The van der Waals surface area contributed by atoms with Crippen molar-refractivity contribution in [3.63, 3.8) is 0 Å². The highest BCUT2D eigenvalue weighted by atomic mass is 32.1. The van der Waals surface area contributed by atoms with E-state index in [1.165, 1.54) is 26.4 Å². The van der Waals surface area contributed by atoms with Gasteiger partial charge in [-0.05, 0) is 61.3 Å². The topological polar surface area (TPSA) is 12.0 Å². The first-order chi connectivity index (χ1) is 7.63. The Morgan fingerprint density at radius 3 is 2.31 bits per heavy atom. The van der Waals surface area contributed by atoms with E-state index in [2.05, 4.69) is 42.9 Å². The van der Waals surface area contributed by atoms with E-state index in [4.69, 9.17) is 0 Å². The van der Waals surface area contributed by atoms with Crippen LogP contribution in [0.3, 0.4) is 0 Å². The van der Waals surface area contributed by atoms with Gasteiger partial charge in [-0.15, -0.1) is 11.3 Å². The third-order valence-corrected chi connectivity index (χ3v) is 4.75. The Balaban J connectivity index is 2.44. The number of hydrogen-bond donors (Lipinski definition) is 1. The van der Waals surface area contributed by atoms with Crippen molar-refractivity contribution in [1.29, 1.82) is 0 Å². The Morgan fingerprint density at radius 2 is 1.88 bits per heavy atom.